The van der Waals surface area contributed by atoms with Gasteiger partial charge in [-0.15, -0.1) is 0 Å². The molecule has 0 unspecified atom stereocenters. The molecule has 2 aromatic carbocycles. The molecule has 0 aliphatic heterocycles. The second kappa shape index (κ2) is 8.10. The van der Waals surface area contributed by atoms with Crippen molar-refractivity contribution < 1.29 is 19.4 Å². The van der Waals surface area contributed by atoms with E-state index in [1.165, 1.54) is 12.7 Å². The van der Waals surface area contributed by atoms with Gasteiger partial charge in [0.1, 0.15) is 12.9 Å². The number of fused-ring (bicyclic) bond motifs is 4. The molecular formula is C23H19N5O4. The van der Waals surface area contributed by atoms with Crippen molar-refractivity contribution in [3.8, 4) is 11.1 Å². The maximum atomic E-state index is 12.6. The molecule has 2 N–H and O–H groups in total. The van der Waals surface area contributed by atoms with Crippen molar-refractivity contribution in [2.45, 2.75) is 18.9 Å². The molecule has 2 heterocycles. The minimum atomic E-state index is -0.919. The Bertz CT molecular complexity index is 1290. The average Bonchev–Trinajstić information content (AvgIpc) is 3.36. The molecule has 32 heavy (non-hydrogen) atoms. The van der Waals surface area contributed by atoms with E-state index in [2.05, 4.69) is 44.5 Å². The monoisotopic (exact) mass is 429 g/mol. The molecule has 2 aromatic heterocycles. The maximum absolute atomic E-state index is 12.6. The number of imidazole rings is 1. The Hall–Kier alpha value is -4.27. The Morgan fingerprint density at radius 2 is 1.69 bits per heavy atom. The van der Waals surface area contributed by atoms with Gasteiger partial charge in [0.25, 0.3) is 0 Å². The standard InChI is InChI=1S/C23H19N5O4/c29-19(30)9-10-28-13-26-20-21(24-12-25-22(20)28)27-23(31)32-11-18-16-7-3-1-5-14(16)15-6-2-4-8-17(15)18/h1-8,12-13,18H,9-11H2,(H,29,30)(H,24,25,27,31). The number of anilines is 1. The normalized spacial score (nSPS) is 12.4. The van der Waals surface area contributed by atoms with Crippen molar-refractivity contribution in [3.63, 3.8) is 0 Å². The molecule has 0 fully saturated rings. The number of aromatic nitrogens is 4. The number of nitrogens with zero attached hydrogens (tertiary/aromatic N) is 4. The lowest BCUT2D eigenvalue weighted by molar-refractivity contribution is -0.137. The van der Waals surface area contributed by atoms with E-state index in [0.717, 1.165) is 22.3 Å². The SMILES string of the molecule is O=C(O)CCn1cnc2c(NC(=O)OCC3c4ccccc4-c4ccccc43)ncnc21. The first-order valence-electron chi connectivity index (χ1n) is 10.1. The number of hydrogen-bond acceptors (Lipinski definition) is 6. The van der Waals surface area contributed by atoms with Crippen LogP contribution in [0.15, 0.2) is 61.2 Å². The van der Waals surface area contributed by atoms with Crippen molar-refractivity contribution in [2.75, 3.05) is 11.9 Å². The predicted molar refractivity (Wildman–Crippen MR) is 116 cm³/mol. The molecular weight excluding hydrogens is 410 g/mol. The van der Waals surface area contributed by atoms with Gasteiger partial charge in [-0.25, -0.2) is 19.7 Å². The number of amides is 1. The Kier molecular flexibility index (Phi) is 4.98. The van der Waals surface area contributed by atoms with Crippen LogP contribution in [0.25, 0.3) is 22.3 Å². The van der Waals surface area contributed by atoms with E-state index < -0.39 is 12.1 Å². The molecule has 0 spiro atoms. The molecule has 160 valence electrons. The predicted octanol–water partition coefficient (Wildman–Crippen LogP) is 3.66. The number of nitrogens with one attached hydrogen (secondary N) is 1. The van der Waals surface area contributed by atoms with Crippen LogP contribution in [-0.4, -0.2) is 43.3 Å². The van der Waals surface area contributed by atoms with Gasteiger partial charge in [0, 0.05) is 12.5 Å². The van der Waals surface area contributed by atoms with Crippen LogP contribution in [0.5, 0.6) is 0 Å². The minimum absolute atomic E-state index is 0.0474. The van der Waals surface area contributed by atoms with E-state index in [1.54, 1.807) is 4.57 Å². The fraction of sp³-hybridized carbons (Fsp3) is 0.174. The van der Waals surface area contributed by atoms with Crippen LogP contribution in [0.3, 0.4) is 0 Å². The average molecular weight is 429 g/mol. The van der Waals surface area contributed by atoms with Crippen molar-refractivity contribution in [1.82, 2.24) is 19.5 Å². The number of carboxylic acid groups (broad SMARTS) is 1. The van der Waals surface area contributed by atoms with Crippen LogP contribution in [0.2, 0.25) is 0 Å². The summed E-state index contributed by atoms with van der Waals surface area (Å²) in [5.74, 6) is -0.756. The van der Waals surface area contributed by atoms with Gasteiger partial charge in [-0.05, 0) is 22.3 Å². The van der Waals surface area contributed by atoms with Crippen molar-refractivity contribution >= 4 is 29.0 Å². The number of rotatable bonds is 6. The van der Waals surface area contributed by atoms with E-state index in [4.69, 9.17) is 9.84 Å². The molecule has 0 saturated heterocycles. The van der Waals surface area contributed by atoms with Gasteiger partial charge in [0.15, 0.2) is 17.0 Å². The highest BCUT2D eigenvalue weighted by atomic mass is 16.5. The molecule has 0 saturated carbocycles. The smallest absolute Gasteiger partial charge is 0.412 e. The van der Waals surface area contributed by atoms with Crippen LogP contribution >= 0.6 is 0 Å². The van der Waals surface area contributed by atoms with Gasteiger partial charge in [-0.3, -0.25) is 10.1 Å². The molecule has 1 aliphatic rings. The summed E-state index contributed by atoms with van der Waals surface area (Å²) in [4.78, 5) is 35.9. The van der Waals surface area contributed by atoms with E-state index in [0.29, 0.717) is 11.2 Å². The van der Waals surface area contributed by atoms with Gasteiger partial charge in [-0.2, -0.15) is 0 Å². The third-order valence-electron chi connectivity index (χ3n) is 5.53. The topological polar surface area (TPSA) is 119 Å². The third kappa shape index (κ3) is 3.53. The number of carboxylic acids is 1. The maximum Gasteiger partial charge on any atom is 0.412 e. The third-order valence-corrected chi connectivity index (χ3v) is 5.53. The Morgan fingerprint density at radius 1 is 1.00 bits per heavy atom. The molecule has 0 bridgehead atoms. The van der Waals surface area contributed by atoms with E-state index in [-0.39, 0.29) is 31.3 Å². The Balaban J connectivity index is 1.31. The largest absolute Gasteiger partial charge is 0.481 e. The summed E-state index contributed by atoms with van der Waals surface area (Å²) >= 11 is 0. The molecule has 9 heteroatoms. The lowest BCUT2D eigenvalue weighted by Gasteiger charge is -2.14. The molecule has 1 aliphatic carbocycles. The summed E-state index contributed by atoms with van der Waals surface area (Å²) in [5, 5.41) is 11.5. The van der Waals surface area contributed by atoms with Crippen LogP contribution in [-0.2, 0) is 16.1 Å². The highest BCUT2D eigenvalue weighted by Gasteiger charge is 2.29. The number of aliphatic carboxylic acids is 1. The number of carbonyl (C=O) groups excluding carboxylic acids is 1. The van der Waals surface area contributed by atoms with Crippen LogP contribution in [0.1, 0.15) is 23.5 Å². The highest BCUT2D eigenvalue weighted by molar-refractivity contribution is 5.93. The number of aryl methyl sites for hydroxylation is 1. The molecule has 0 radical (unpaired) electrons. The quantitative estimate of drug-likeness (QED) is 0.480. The summed E-state index contributed by atoms with van der Waals surface area (Å²) in [6, 6.07) is 16.2. The number of hydrogen-bond donors (Lipinski definition) is 2. The molecule has 5 rings (SSSR count). The molecule has 1 amide bonds. The first-order valence-corrected chi connectivity index (χ1v) is 10.1. The summed E-state index contributed by atoms with van der Waals surface area (Å²) < 4.78 is 7.16. The number of ether oxygens (including phenoxy) is 1. The van der Waals surface area contributed by atoms with Crippen LogP contribution in [0, 0.1) is 0 Å². The number of carbonyl (C=O) groups is 2. The Labute approximate surface area is 182 Å². The highest BCUT2D eigenvalue weighted by Crippen LogP contribution is 2.44. The van der Waals surface area contributed by atoms with Crippen molar-refractivity contribution in [2.24, 2.45) is 0 Å². The van der Waals surface area contributed by atoms with Crippen LogP contribution < -0.4 is 5.32 Å². The first-order chi connectivity index (χ1) is 15.6. The van der Waals surface area contributed by atoms with Crippen molar-refractivity contribution in [3.05, 3.63) is 72.3 Å². The zero-order valence-corrected chi connectivity index (χ0v) is 16.9. The summed E-state index contributed by atoms with van der Waals surface area (Å²) in [6.07, 6.45) is 2.06. The summed E-state index contributed by atoms with van der Waals surface area (Å²) in [6.45, 7) is 0.397. The molecule has 0 atom stereocenters. The number of benzene rings is 2. The van der Waals surface area contributed by atoms with Gasteiger partial charge >= 0.3 is 12.1 Å². The zero-order chi connectivity index (χ0) is 22.1. The fourth-order valence-electron chi connectivity index (χ4n) is 4.08. The molecule has 4 aromatic rings. The van der Waals surface area contributed by atoms with Crippen LogP contribution in [0.4, 0.5) is 10.6 Å². The first kappa shape index (κ1) is 19.7. The minimum Gasteiger partial charge on any atom is -0.481 e. The second-order valence-electron chi connectivity index (χ2n) is 7.43. The lowest BCUT2D eigenvalue weighted by Crippen LogP contribution is -2.18. The van der Waals surface area contributed by atoms with Gasteiger partial charge in [0.2, 0.25) is 0 Å². The van der Waals surface area contributed by atoms with E-state index in [1.807, 2.05) is 24.3 Å². The summed E-state index contributed by atoms with van der Waals surface area (Å²) in [7, 11) is 0. The van der Waals surface area contributed by atoms with Crippen molar-refractivity contribution in [1.29, 1.82) is 0 Å². The molecule has 9 nitrogen and oxygen atoms in total. The second-order valence-corrected chi connectivity index (χ2v) is 7.43. The van der Waals surface area contributed by atoms with E-state index >= 15 is 0 Å². The Morgan fingerprint density at radius 3 is 2.38 bits per heavy atom. The van der Waals surface area contributed by atoms with E-state index in [9.17, 15) is 9.59 Å². The zero-order valence-electron chi connectivity index (χ0n) is 16.9. The fourth-order valence-corrected chi connectivity index (χ4v) is 4.08. The van der Waals surface area contributed by atoms with Gasteiger partial charge < -0.3 is 14.4 Å². The lowest BCUT2D eigenvalue weighted by atomic mass is 9.98. The van der Waals surface area contributed by atoms with Gasteiger partial charge in [0.05, 0.1) is 12.7 Å². The summed E-state index contributed by atoms with van der Waals surface area (Å²) in [5.41, 5.74) is 5.37. The van der Waals surface area contributed by atoms with Gasteiger partial charge in [-0.1, -0.05) is 48.5 Å².